The maximum absolute atomic E-state index is 3.21. The van der Waals surface area contributed by atoms with E-state index in [0.717, 1.165) is 17.7 Å². The first-order valence-electron chi connectivity index (χ1n) is 6.68. The van der Waals surface area contributed by atoms with Gasteiger partial charge in [0.2, 0.25) is 0 Å². The molecule has 17 heavy (non-hydrogen) atoms. The quantitative estimate of drug-likeness (QED) is 0.863. The van der Waals surface area contributed by atoms with Crippen molar-refractivity contribution in [3.05, 3.63) is 29.8 Å². The van der Waals surface area contributed by atoms with Crippen molar-refractivity contribution in [3.8, 4) is 0 Å². The molecule has 1 aromatic rings. The smallest absolute Gasteiger partial charge is 0.0202 e. The predicted octanol–water partition coefficient (Wildman–Crippen LogP) is 4.08. The molecule has 0 spiro atoms. The molecular weight excluding hydrogens is 226 g/mol. The average molecular weight is 249 g/mol. The molecule has 1 fully saturated rings. The fourth-order valence-corrected chi connectivity index (χ4v) is 3.74. The predicted molar refractivity (Wildman–Crippen MR) is 76.5 cm³/mol. The van der Waals surface area contributed by atoms with Gasteiger partial charge in [-0.25, -0.2) is 0 Å². The lowest BCUT2D eigenvalue weighted by molar-refractivity contribution is 0.393. The first-order valence-corrected chi connectivity index (χ1v) is 7.56. The van der Waals surface area contributed by atoms with Crippen LogP contribution in [0.4, 0.5) is 0 Å². The summed E-state index contributed by atoms with van der Waals surface area (Å²) >= 11 is 2.08. The summed E-state index contributed by atoms with van der Waals surface area (Å²) in [5.74, 6) is 0.947. The molecule has 1 aliphatic carbocycles. The van der Waals surface area contributed by atoms with Crippen LogP contribution in [0.15, 0.2) is 29.2 Å². The average Bonchev–Trinajstić information content (AvgIpc) is 2.33. The van der Waals surface area contributed by atoms with Crippen molar-refractivity contribution in [2.45, 2.75) is 49.3 Å². The largest absolute Gasteiger partial charge is 0.316 e. The molecule has 1 aromatic carbocycles. The van der Waals surface area contributed by atoms with E-state index < -0.39 is 0 Å². The lowest BCUT2D eigenvalue weighted by atomic mass is 9.91. The molecule has 0 unspecified atom stereocenters. The van der Waals surface area contributed by atoms with E-state index in [9.17, 15) is 0 Å². The summed E-state index contributed by atoms with van der Waals surface area (Å²) in [4.78, 5) is 1.44. The zero-order valence-electron chi connectivity index (χ0n) is 10.9. The van der Waals surface area contributed by atoms with Crippen molar-refractivity contribution >= 4 is 11.8 Å². The second-order valence-corrected chi connectivity index (χ2v) is 6.55. The Bertz CT molecular complexity index is 343. The van der Waals surface area contributed by atoms with Crippen LogP contribution in [0.1, 0.15) is 38.2 Å². The van der Waals surface area contributed by atoms with Crippen LogP contribution in [-0.4, -0.2) is 12.3 Å². The zero-order valence-corrected chi connectivity index (χ0v) is 11.7. The van der Waals surface area contributed by atoms with Crippen LogP contribution in [0, 0.1) is 5.92 Å². The lowest BCUT2D eigenvalue weighted by Gasteiger charge is -2.25. The number of nitrogens with one attached hydrogen (secondary N) is 1. The van der Waals surface area contributed by atoms with Crippen LogP contribution in [0.25, 0.3) is 0 Å². The zero-order chi connectivity index (χ0) is 12.1. The third kappa shape index (κ3) is 4.04. The Morgan fingerprint density at radius 3 is 2.71 bits per heavy atom. The third-order valence-corrected chi connectivity index (χ3v) is 4.88. The van der Waals surface area contributed by atoms with Gasteiger partial charge in [-0.15, -0.1) is 11.8 Å². The van der Waals surface area contributed by atoms with Crippen molar-refractivity contribution in [3.63, 3.8) is 0 Å². The summed E-state index contributed by atoms with van der Waals surface area (Å²) in [7, 11) is 2.00. The molecule has 1 aliphatic rings. The van der Waals surface area contributed by atoms with Crippen LogP contribution in [0.5, 0.6) is 0 Å². The standard InChI is InChI=1S/C15H23NS/c1-12-6-8-14(9-7-12)17-15-5-3-4-13(10-15)11-16-2/h3-5,10,12,14,16H,6-9,11H2,1-2H3. The van der Waals surface area contributed by atoms with E-state index in [2.05, 4.69) is 48.3 Å². The molecule has 1 nitrogen and oxygen atoms in total. The molecule has 0 atom stereocenters. The number of rotatable bonds is 4. The minimum absolute atomic E-state index is 0.844. The summed E-state index contributed by atoms with van der Waals surface area (Å²) in [6, 6.07) is 8.96. The van der Waals surface area contributed by atoms with Gasteiger partial charge in [-0.2, -0.15) is 0 Å². The van der Waals surface area contributed by atoms with E-state index in [4.69, 9.17) is 0 Å². The van der Waals surface area contributed by atoms with Crippen molar-refractivity contribution in [2.75, 3.05) is 7.05 Å². The fraction of sp³-hybridized carbons (Fsp3) is 0.600. The molecule has 0 aromatic heterocycles. The monoisotopic (exact) mass is 249 g/mol. The SMILES string of the molecule is CNCc1cccc(SC2CCC(C)CC2)c1. The Balaban J connectivity index is 1.91. The number of benzene rings is 1. The lowest BCUT2D eigenvalue weighted by Crippen LogP contribution is -2.13. The van der Waals surface area contributed by atoms with Crippen LogP contribution in [0.2, 0.25) is 0 Å². The number of hydrogen-bond donors (Lipinski definition) is 1. The van der Waals surface area contributed by atoms with E-state index in [0.29, 0.717) is 0 Å². The van der Waals surface area contributed by atoms with Crippen LogP contribution < -0.4 is 5.32 Å². The van der Waals surface area contributed by atoms with Crippen molar-refractivity contribution < 1.29 is 0 Å². The second-order valence-electron chi connectivity index (χ2n) is 5.18. The Labute approximate surface area is 109 Å². The van der Waals surface area contributed by atoms with E-state index in [1.807, 2.05) is 7.05 Å². The van der Waals surface area contributed by atoms with Gasteiger partial charge in [-0.1, -0.05) is 19.1 Å². The summed E-state index contributed by atoms with van der Waals surface area (Å²) < 4.78 is 0. The van der Waals surface area contributed by atoms with Crippen molar-refractivity contribution in [2.24, 2.45) is 5.92 Å². The highest BCUT2D eigenvalue weighted by molar-refractivity contribution is 8.00. The molecule has 0 heterocycles. The maximum Gasteiger partial charge on any atom is 0.0202 e. The van der Waals surface area contributed by atoms with Gasteiger partial charge in [0.05, 0.1) is 0 Å². The van der Waals surface area contributed by atoms with Crippen molar-refractivity contribution in [1.82, 2.24) is 5.32 Å². The molecule has 1 N–H and O–H groups in total. The van der Waals surface area contributed by atoms with Crippen molar-refractivity contribution in [1.29, 1.82) is 0 Å². The van der Waals surface area contributed by atoms with Gasteiger partial charge >= 0.3 is 0 Å². The second kappa shape index (κ2) is 6.46. The Kier molecular flexibility index (Phi) is 4.93. The van der Waals surface area contributed by atoms with E-state index in [1.165, 1.54) is 36.1 Å². The topological polar surface area (TPSA) is 12.0 Å². The molecule has 2 heteroatoms. The molecule has 0 saturated heterocycles. The molecule has 0 aliphatic heterocycles. The van der Waals surface area contributed by atoms with Gasteiger partial charge in [0.25, 0.3) is 0 Å². The summed E-state index contributed by atoms with van der Waals surface area (Å²) in [6.07, 6.45) is 5.60. The van der Waals surface area contributed by atoms with Gasteiger partial charge in [-0.3, -0.25) is 0 Å². The normalized spacial score (nSPS) is 24.8. The number of thioether (sulfide) groups is 1. The Morgan fingerprint density at radius 1 is 1.24 bits per heavy atom. The maximum atomic E-state index is 3.21. The first-order chi connectivity index (χ1) is 8.28. The minimum atomic E-state index is 0.844. The van der Waals surface area contributed by atoms with Gasteiger partial charge < -0.3 is 5.32 Å². The highest BCUT2D eigenvalue weighted by Gasteiger charge is 2.18. The van der Waals surface area contributed by atoms with Gasteiger partial charge in [0, 0.05) is 16.7 Å². The summed E-state index contributed by atoms with van der Waals surface area (Å²) in [5.41, 5.74) is 1.39. The fourth-order valence-electron chi connectivity index (χ4n) is 2.47. The van der Waals surface area contributed by atoms with E-state index >= 15 is 0 Å². The van der Waals surface area contributed by atoms with Crippen LogP contribution >= 0.6 is 11.8 Å². The highest BCUT2D eigenvalue weighted by Crippen LogP contribution is 2.35. The number of hydrogen-bond acceptors (Lipinski definition) is 2. The summed E-state index contributed by atoms with van der Waals surface area (Å²) in [6.45, 7) is 3.35. The molecule has 94 valence electrons. The minimum Gasteiger partial charge on any atom is -0.316 e. The van der Waals surface area contributed by atoms with E-state index in [-0.39, 0.29) is 0 Å². The first kappa shape index (κ1) is 13.0. The summed E-state index contributed by atoms with van der Waals surface area (Å²) in [5, 5.41) is 4.05. The molecular formula is C15H23NS. The third-order valence-electron chi connectivity index (χ3n) is 3.54. The van der Waals surface area contributed by atoms with Gasteiger partial charge in [0.1, 0.15) is 0 Å². The van der Waals surface area contributed by atoms with Crippen LogP contribution in [0.3, 0.4) is 0 Å². The highest BCUT2D eigenvalue weighted by atomic mass is 32.2. The van der Waals surface area contributed by atoms with Gasteiger partial charge in [-0.05, 0) is 56.3 Å². The Morgan fingerprint density at radius 2 is 2.00 bits per heavy atom. The molecule has 1 saturated carbocycles. The molecule has 2 rings (SSSR count). The Hall–Kier alpha value is -0.470. The van der Waals surface area contributed by atoms with Gasteiger partial charge in [0.15, 0.2) is 0 Å². The molecule has 0 amide bonds. The molecule has 0 radical (unpaired) electrons. The van der Waals surface area contributed by atoms with Crippen LogP contribution in [-0.2, 0) is 6.54 Å². The molecule has 0 bridgehead atoms. The van der Waals surface area contributed by atoms with E-state index in [1.54, 1.807) is 0 Å².